The summed E-state index contributed by atoms with van der Waals surface area (Å²) >= 11 is 7.92. The molecule has 170 valence electrons. The molecular weight excluding hydrogens is 448 g/mol. The van der Waals surface area contributed by atoms with E-state index in [2.05, 4.69) is 27.0 Å². The van der Waals surface area contributed by atoms with Gasteiger partial charge >= 0.3 is 5.97 Å². The van der Waals surface area contributed by atoms with Gasteiger partial charge in [-0.2, -0.15) is 0 Å². The average Bonchev–Trinajstić information content (AvgIpc) is 3.19. The normalized spacial score (nSPS) is 15.3. The summed E-state index contributed by atoms with van der Waals surface area (Å²) in [6.07, 6.45) is 0. The van der Waals surface area contributed by atoms with Crippen molar-refractivity contribution in [3.63, 3.8) is 0 Å². The number of pyridine rings is 1. The molecule has 1 atom stereocenters. The molecule has 2 aromatic heterocycles. The van der Waals surface area contributed by atoms with Gasteiger partial charge in [0.15, 0.2) is 10.8 Å². The van der Waals surface area contributed by atoms with Crippen molar-refractivity contribution in [3.05, 3.63) is 35.4 Å². The second kappa shape index (κ2) is 10.1. The van der Waals surface area contributed by atoms with Crippen molar-refractivity contribution in [2.24, 2.45) is 5.92 Å². The van der Waals surface area contributed by atoms with E-state index in [1.165, 1.54) is 11.8 Å². The molecule has 3 aromatic rings. The van der Waals surface area contributed by atoms with Gasteiger partial charge in [0.25, 0.3) is 0 Å². The van der Waals surface area contributed by atoms with Gasteiger partial charge in [0.2, 0.25) is 0 Å². The van der Waals surface area contributed by atoms with E-state index in [9.17, 15) is 4.79 Å². The van der Waals surface area contributed by atoms with Crippen LogP contribution in [0, 0.1) is 5.92 Å². The molecule has 1 aliphatic rings. The minimum Gasteiger partial charge on any atom is -0.465 e. The Kier molecular flexibility index (Phi) is 7.23. The number of aromatic nitrogens is 3. The number of carbonyl (C=O) groups excluding carboxylic acids is 1. The first-order chi connectivity index (χ1) is 15.5. The van der Waals surface area contributed by atoms with Crippen molar-refractivity contribution in [1.29, 1.82) is 0 Å². The number of benzene rings is 1. The van der Waals surface area contributed by atoms with Gasteiger partial charge in [-0.25, -0.2) is 9.97 Å². The van der Waals surface area contributed by atoms with E-state index in [0.717, 1.165) is 43.1 Å². The zero-order valence-electron chi connectivity index (χ0n) is 18.4. The lowest BCUT2D eigenvalue weighted by Gasteiger charge is -2.28. The number of rotatable bonds is 7. The molecule has 4 rings (SSSR count). The molecule has 0 saturated carbocycles. The van der Waals surface area contributed by atoms with Crippen LogP contribution in [0.4, 0.5) is 5.69 Å². The number of thioether (sulfide) groups is 1. The minimum atomic E-state index is -0.349. The summed E-state index contributed by atoms with van der Waals surface area (Å²) in [4.78, 5) is 27.1. The number of H-pyrrole nitrogens is 1. The van der Waals surface area contributed by atoms with E-state index in [4.69, 9.17) is 26.1 Å². The van der Waals surface area contributed by atoms with Gasteiger partial charge in [0, 0.05) is 24.3 Å². The zero-order valence-corrected chi connectivity index (χ0v) is 20.0. The van der Waals surface area contributed by atoms with Crippen LogP contribution in [-0.4, -0.2) is 59.1 Å². The maximum atomic E-state index is 12.3. The largest absolute Gasteiger partial charge is 0.465 e. The molecule has 7 nitrogen and oxygen atoms in total. The molecular formula is C23H27ClN4O3S. The van der Waals surface area contributed by atoms with Gasteiger partial charge in [-0.1, -0.05) is 49.3 Å². The fraction of sp³-hybridized carbons (Fsp3) is 0.435. The standard InChI is InChI=1S/C23H27ClN4O3S/c1-4-31-22(29)20(14(2)3)32-23-25-18-13-17(24)19(26-21(18)27-23)15-5-7-16(8-6-15)28-9-11-30-12-10-28/h5-8,13-14,20H,4,9-12H2,1-3H3,(H,25,26,27). The molecule has 9 heteroatoms. The number of aromatic amines is 1. The van der Waals surface area contributed by atoms with Crippen molar-refractivity contribution in [2.75, 3.05) is 37.8 Å². The van der Waals surface area contributed by atoms with Crippen LogP contribution in [-0.2, 0) is 14.3 Å². The number of nitrogens with zero attached hydrogens (tertiary/aromatic N) is 3. The number of hydrogen-bond donors (Lipinski definition) is 1. The molecule has 1 fully saturated rings. The minimum absolute atomic E-state index is 0.101. The first kappa shape index (κ1) is 22.9. The third-order valence-corrected chi connectivity index (χ3v) is 6.98. The summed E-state index contributed by atoms with van der Waals surface area (Å²) in [6, 6.07) is 10.1. The predicted octanol–water partition coefficient (Wildman–Crippen LogP) is 4.79. The number of carbonyl (C=O) groups is 1. The third kappa shape index (κ3) is 5.03. The Morgan fingerprint density at radius 3 is 2.62 bits per heavy atom. The highest BCUT2D eigenvalue weighted by Gasteiger charge is 2.26. The molecule has 1 N–H and O–H groups in total. The molecule has 1 aliphatic heterocycles. The van der Waals surface area contributed by atoms with Gasteiger partial charge in [0.1, 0.15) is 5.25 Å². The second-order valence-electron chi connectivity index (χ2n) is 7.91. The summed E-state index contributed by atoms with van der Waals surface area (Å²) in [5.74, 6) is -0.135. The Hall–Kier alpha value is -2.29. The Bertz CT molecular complexity index is 1080. The number of imidazole rings is 1. The third-order valence-electron chi connectivity index (χ3n) is 5.28. The number of ether oxygens (including phenoxy) is 2. The molecule has 1 unspecified atom stereocenters. The second-order valence-corrected chi connectivity index (χ2v) is 9.45. The first-order valence-electron chi connectivity index (χ1n) is 10.8. The van der Waals surface area contributed by atoms with Crippen LogP contribution in [0.2, 0.25) is 5.02 Å². The van der Waals surface area contributed by atoms with E-state index < -0.39 is 0 Å². The zero-order chi connectivity index (χ0) is 22.7. The lowest BCUT2D eigenvalue weighted by Crippen LogP contribution is -2.36. The van der Waals surface area contributed by atoms with Crippen molar-refractivity contribution in [1.82, 2.24) is 15.0 Å². The molecule has 0 radical (unpaired) electrons. The van der Waals surface area contributed by atoms with Crippen LogP contribution in [0.3, 0.4) is 0 Å². The number of halogens is 1. The van der Waals surface area contributed by atoms with Gasteiger partial charge in [0.05, 0.1) is 36.1 Å². The van der Waals surface area contributed by atoms with Crippen LogP contribution in [0.1, 0.15) is 20.8 Å². The first-order valence-corrected chi connectivity index (χ1v) is 12.0. The monoisotopic (exact) mass is 474 g/mol. The summed E-state index contributed by atoms with van der Waals surface area (Å²) < 4.78 is 10.6. The summed E-state index contributed by atoms with van der Waals surface area (Å²) in [5.41, 5.74) is 4.07. The van der Waals surface area contributed by atoms with Crippen LogP contribution < -0.4 is 4.90 Å². The number of nitrogens with one attached hydrogen (secondary N) is 1. The smallest absolute Gasteiger partial charge is 0.319 e. The number of anilines is 1. The molecule has 32 heavy (non-hydrogen) atoms. The van der Waals surface area contributed by atoms with Crippen LogP contribution in [0.15, 0.2) is 35.5 Å². The fourth-order valence-electron chi connectivity index (χ4n) is 3.61. The number of esters is 1. The van der Waals surface area contributed by atoms with Crippen LogP contribution in [0.25, 0.3) is 22.4 Å². The maximum absolute atomic E-state index is 12.3. The number of morpholine rings is 1. The molecule has 0 bridgehead atoms. The highest BCUT2D eigenvalue weighted by atomic mass is 35.5. The molecule has 0 aliphatic carbocycles. The Balaban J connectivity index is 1.57. The number of fused-ring (bicyclic) bond motifs is 1. The molecule has 3 heterocycles. The summed E-state index contributed by atoms with van der Waals surface area (Å²) in [5, 5.41) is 0.816. The van der Waals surface area contributed by atoms with E-state index >= 15 is 0 Å². The van der Waals surface area contributed by atoms with Crippen molar-refractivity contribution in [2.45, 2.75) is 31.2 Å². The average molecular weight is 475 g/mol. The lowest BCUT2D eigenvalue weighted by atomic mass is 10.1. The molecule has 1 saturated heterocycles. The quantitative estimate of drug-likeness (QED) is 0.389. The maximum Gasteiger partial charge on any atom is 0.319 e. The predicted molar refractivity (Wildman–Crippen MR) is 128 cm³/mol. The topological polar surface area (TPSA) is 80.3 Å². The highest BCUT2D eigenvalue weighted by Crippen LogP contribution is 2.33. The van der Waals surface area contributed by atoms with Crippen LogP contribution in [0.5, 0.6) is 0 Å². The van der Waals surface area contributed by atoms with Gasteiger partial charge in [-0.15, -0.1) is 0 Å². The fourth-order valence-corrected chi connectivity index (χ4v) is 4.85. The molecule has 1 aromatic carbocycles. The van der Waals surface area contributed by atoms with E-state index in [0.29, 0.717) is 28.1 Å². The van der Waals surface area contributed by atoms with Crippen molar-refractivity contribution in [3.8, 4) is 11.3 Å². The Morgan fingerprint density at radius 1 is 1.25 bits per heavy atom. The SMILES string of the molecule is CCOC(=O)C(Sc1nc2nc(-c3ccc(N4CCOCC4)cc3)c(Cl)cc2[nH]1)C(C)C. The van der Waals surface area contributed by atoms with E-state index in [1.807, 2.05) is 39.0 Å². The molecule has 0 amide bonds. The lowest BCUT2D eigenvalue weighted by molar-refractivity contribution is -0.143. The van der Waals surface area contributed by atoms with Crippen LogP contribution >= 0.6 is 23.4 Å². The van der Waals surface area contributed by atoms with E-state index in [1.54, 1.807) is 0 Å². The van der Waals surface area contributed by atoms with Gasteiger partial charge in [-0.3, -0.25) is 4.79 Å². The van der Waals surface area contributed by atoms with E-state index in [-0.39, 0.29) is 17.1 Å². The number of hydrogen-bond acceptors (Lipinski definition) is 7. The van der Waals surface area contributed by atoms with Crippen molar-refractivity contribution >= 4 is 46.2 Å². The Labute approximate surface area is 196 Å². The molecule has 0 spiro atoms. The van der Waals surface area contributed by atoms with Gasteiger partial charge in [-0.05, 0) is 31.0 Å². The summed E-state index contributed by atoms with van der Waals surface area (Å²) in [6.45, 7) is 9.42. The Morgan fingerprint density at radius 2 is 1.97 bits per heavy atom. The summed E-state index contributed by atoms with van der Waals surface area (Å²) in [7, 11) is 0. The van der Waals surface area contributed by atoms with Crippen molar-refractivity contribution < 1.29 is 14.3 Å². The van der Waals surface area contributed by atoms with Gasteiger partial charge < -0.3 is 19.4 Å². The highest BCUT2D eigenvalue weighted by molar-refractivity contribution is 8.00.